The molecule has 3 rings (SSSR count). The van der Waals surface area contributed by atoms with Crippen molar-refractivity contribution in [2.45, 2.75) is 64.6 Å². The number of aromatic nitrogens is 5. The van der Waals surface area contributed by atoms with Gasteiger partial charge in [-0.25, -0.2) is 19.9 Å². The molecule has 0 fully saturated rings. The number of nitrogen functional groups attached to an aromatic ring is 1. The number of hydrogen-bond donors (Lipinski definition) is 1. The molecule has 0 aromatic carbocycles. The van der Waals surface area contributed by atoms with Crippen LogP contribution in [0.4, 0.5) is 5.82 Å². The molecule has 0 saturated carbocycles. The molecule has 0 bridgehead atoms. The van der Waals surface area contributed by atoms with E-state index in [1.54, 1.807) is 24.2 Å². The molecule has 144 valence electrons. The maximum atomic E-state index is 6.17. The second-order valence-electron chi connectivity index (χ2n) is 6.77. The second kappa shape index (κ2) is 9.17. The lowest BCUT2D eigenvalue weighted by Crippen LogP contribution is -2.06. The first kappa shape index (κ1) is 19.6. The van der Waals surface area contributed by atoms with E-state index in [0.29, 0.717) is 5.82 Å². The number of pyridine rings is 1. The number of hydrogen-bond acceptors (Lipinski definition) is 6. The van der Waals surface area contributed by atoms with Crippen molar-refractivity contribution in [2.24, 2.45) is 0 Å². The van der Waals surface area contributed by atoms with E-state index in [1.165, 1.54) is 5.56 Å². The number of thioether (sulfide) groups is 1. The van der Waals surface area contributed by atoms with Crippen LogP contribution in [-0.2, 0) is 13.0 Å². The molecular weight excluding hydrogens is 356 g/mol. The zero-order valence-corrected chi connectivity index (χ0v) is 17.2. The Balaban J connectivity index is 1.73. The molecule has 0 aliphatic carbocycles. The first-order valence-corrected chi connectivity index (χ1v) is 10.6. The summed E-state index contributed by atoms with van der Waals surface area (Å²) in [6.45, 7) is 7.30. The Morgan fingerprint density at radius 3 is 2.59 bits per heavy atom. The van der Waals surface area contributed by atoms with E-state index in [1.807, 2.05) is 13.0 Å². The van der Waals surface area contributed by atoms with Crippen LogP contribution in [0.25, 0.3) is 11.0 Å². The topological polar surface area (TPSA) is 82.5 Å². The van der Waals surface area contributed by atoms with E-state index in [2.05, 4.69) is 33.4 Å². The highest BCUT2D eigenvalue weighted by atomic mass is 32.2. The highest BCUT2D eigenvalue weighted by Gasteiger charge is 2.17. The lowest BCUT2D eigenvalue weighted by Gasteiger charge is -2.11. The van der Waals surface area contributed by atoms with Crippen LogP contribution in [0.1, 0.15) is 49.7 Å². The second-order valence-corrected chi connectivity index (χ2v) is 7.84. The number of aryl methyl sites for hydroxylation is 4. The molecule has 0 amide bonds. The number of anilines is 1. The zero-order valence-electron chi connectivity index (χ0n) is 16.4. The highest BCUT2D eigenvalue weighted by Crippen LogP contribution is 2.27. The summed E-state index contributed by atoms with van der Waals surface area (Å²) in [7, 11) is 0. The van der Waals surface area contributed by atoms with Crippen molar-refractivity contribution < 1.29 is 0 Å². The van der Waals surface area contributed by atoms with Gasteiger partial charge in [0.05, 0.1) is 5.52 Å². The Bertz CT molecular complexity index is 891. The number of nitrogens with zero attached hydrogens (tertiary/aromatic N) is 5. The minimum Gasteiger partial charge on any atom is -0.382 e. The van der Waals surface area contributed by atoms with Crippen LogP contribution in [0.5, 0.6) is 0 Å². The lowest BCUT2D eigenvalue weighted by atomic mass is 10.2. The van der Waals surface area contributed by atoms with Gasteiger partial charge in [0.1, 0.15) is 11.3 Å². The van der Waals surface area contributed by atoms with E-state index in [4.69, 9.17) is 10.7 Å². The first-order chi connectivity index (χ1) is 13.1. The van der Waals surface area contributed by atoms with Gasteiger partial charge in [-0.2, -0.15) is 0 Å². The fraction of sp³-hybridized carbons (Fsp3) is 0.500. The summed E-state index contributed by atoms with van der Waals surface area (Å²) < 4.78 is 2.37. The van der Waals surface area contributed by atoms with E-state index in [9.17, 15) is 0 Å². The fourth-order valence-corrected chi connectivity index (χ4v) is 4.01. The van der Waals surface area contributed by atoms with E-state index < -0.39 is 0 Å². The average molecular weight is 385 g/mol. The van der Waals surface area contributed by atoms with Crippen LogP contribution in [0.3, 0.4) is 0 Å². The number of rotatable bonds is 9. The van der Waals surface area contributed by atoms with Gasteiger partial charge in [-0.05, 0) is 44.7 Å². The number of unbranched alkanes of at least 4 members (excludes halogenated alkanes) is 2. The lowest BCUT2D eigenvalue weighted by molar-refractivity contribution is 0.605. The Kier molecular flexibility index (Phi) is 6.66. The first-order valence-electron chi connectivity index (χ1n) is 9.63. The number of nitrogens with two attached hydrogens (primary N) is 1. The van der Waals surface area contributed by atoms with E-state index in [0.717, 1.165) is 72.1 Å². The molecule has 0 aliphatic rings. The van der Waals surface area contributed by atoms with Gasteiger partial charge in [-0.3, -0.25) is 0 Å². The van der Waals surface area contributed by atoms with Gasteiger partial charge in [0, 0.05) is 36.8 Å². The normalized spacial score (nSPS) is 11.4. The summed E-state index contributed by atoms with van der Waals surface area (Å²) >= 11 is 1.71. The molecule has 0 radical (unpaired) electrons. The summed E-state index contributed by atoms with van der Waals surface area (Å²) in [4.78, 5) is 17.8. The smallest absolute Gasteiger partial charge is 0.187 e. The van der Waals surface area contributed by atoms with Gasteiger partial charge in [0.2, 0.25) is 0 Å². The van der Waals surface area contributed by atoms with Gasteiger partial charge in [0.15, 0.2) is 11.0 Å². The molecule has 2 N–H and O–H groups in total. The number of fused-ring (bicyclic) bond motifs is 1. The molecule has 0 saturated heterocycles. The maximum Gasteiger partial charge on any atom is 0.187 e. The quantitative estimate of drug-likeness (QED) is 0.336. The maximum absolute atomic E-state index is 6.17. The Hall–Kier alpha value is -2.15. The molecule has 0 unspecified atom stereocenters. The van der Waals surface area contributed by atoms with Crippen molar-refractivity contribution in [1.82, 2.24) is 24.5 Å². The van der Waals surface area contributed by atoms with Gasteiger partial charge in [-0.15, -0.1) is 0 Å². The van der Waals surface area contributed by atoms with Crippen molar-refractivity contribution in [3.05, 3.63) is 35.5 Å². The predicted molar refractivity (Wildman–Crippen MR) is 112 cm³/mol. The van der Waals surface area contributed by atoms with Crippen LogP contribution in [0.2, 0.25) is 0 Å². The third-order valence-corrected chi connectivity index (χ3v) is 5.74. The van der Waals surface area contributed by atoms with Crippen molar-refractivity contribution in [2.75, 3.05) is 11.5 Å². The molecule has 3 aromatic rings. The van der Waals surface area contributed by atoms with Crippen molar-refractivity contribution in [3.8, 4) is 0 Å². The van der Waals surface area contributed by atoms with Crippen LogP contribution in [0.15, 0.2) is 23.6 Å². The van der Waals surface area contributed by atoms with Crippen LogP contribution >= 0.6 is 11.8 Å². The molecular formula is C20H28N6S. The molecule has 3 heterocycles. The third-order valence-electron chi connectivity index (χ3n) is 4.78. The molecule has 6 nitrogen and oxygen atoms in total. The van der Waals surface area contributed by atoms with Gasteiger partial charge in [-0.1, -0.05) is 25.1 Å². The Morgan fingerprint density at radius 1 is 1.07 bits per heavy atom. The summed E-state index contributed by atoms with van der Waals surface area (Å²) in [5.74, 6) is 2.69. The predicted octanol–water partition coefficient (Wildman–Crippen LogP) is 4.34. The standard InChI is InChI=1S/C20H28N6S/c1-4-5-9-16-25-17-18(14(2)15(3)24-19(17)21)26(16)12-6-7-13-27-20-22-10-8-11-23-20/h8,10-11H,4-7,9,12-13H2,1-3H3,(H2,21,24). The summed E-state index contributed by atoms with van der Waals surface area (Å²) in [6, 6.07) is 1.84. The molecule has 7 heteroatoms. The zero-order chi connectivity index (χ0) is 19.2. The van der Waals surface area contributed by atoms with Crippen molar-refractivity contribution in [1.29, 1.82) is 0 Å². The van der Waals surface area contributed by atoms with Crippen molar-refractivity contribution in [3.63, 3.8) is 0 Å². The third kappa shape index (κ3) is 4.58. The van der Waals surface area contributed by atoms with E-state index >= 15 is 0 Å². The van der Waals surface area contributed by atoms with Crippen LogP contribution < -0.4 is 5.73 Å². The molecule has 27 heavy (non-hydrogen) atoms. The largest absolute Gasteiger partial charge is 0.382 e. The van der Waals surface area contributed by atoms with Gasteiger partial charge >= 0.3 is 0 Å². The van der Waals surface area contributed by atoms with Crippen molar-refractivity contribution >= 4 is 28.6 Å². The molecule has 0 atom stereocenters. The van der Waals surface area contributed by atoms with Gasteiger partial charge < -0.3 is 10.3 Å². The minimum atomic E-state index is 0.543. The number of imidazole rings is 1. The van der Waals surface area contributed by atoms with Crippen LogP contribution in [0, 0.1) is 13.8 Å². The van der Waals surface area contributed by atoms with E-state index in [-0.39, 0.29) is 0 Å². The van der Waals surface area contributed by atoms with Gasteiger partial charge in [0.25, 0.3) is 0 Å². The van der Waals surface area contributed by atoms with Crippen LogP contribution in [-0.4, -0.2) is 30.3 Å². The molecule has 0 spiro atoms. The summed E-state index contributed by atoms with van der Waals surface area (Å²) in [5, 5.41) is 0.847. The Morgan fingerprint density at radius 2 is 1.85 bits per heavy atom. The molecule has 0 aliphatic heterocycles. The SMILES string of the molecule is CCCCc1nc2c(N)nc(C)c(C)c2n1CCCCSc1ncccn1. The summed E-state index contributed by atoms with van der Waals surface area (Å²) in [6.07, 6.45) is 9.04. The Labute approximate surface area is 165 Å². The minimum absolute atomic E-state index is 0.543. The summed E-state index contributed by atoms with van der Waals surface area (Å²) in [5.41, 5.74) is 10.4. The molecule has 3 aromatic heterocycles. The highest BCUT2D eigenvalue weighted by molar-refractivity contribution is 7.99. The average Bonchev–Trinajstić information content (AvgIpc) is 3.04. The fourth-order valence-electron chi connectivity index (χ4n) is 3.21. The monoisotopic (exact) mass is 384 g/mol.